The molecule has 0 fully saturated rings. The van der Waals surface area contributed by atoms with Gasteiger partial charge in [0, 0.05) is 18.0 Å². The van der Waals surface area contributed by atoms with Gasteiger partial charge in [0.25, 0.3) is 0 Å². The third-order valence-corrected chi connectivity index (χ3v) is 3.37. The van der Waals surface area contributed by atoms with E-state index in [1.807, 2.05) is 18.2 Å². The van der Waals surface area contributed by atoms with Crippen molar-refractivity contribution in [2.75, 3.05) is 0 Å². The number of halogens is 1. The van der Waals surface area contributed by atoms with Gasteiger partial charge in [-0.05, 0) is 28.1 Å². The number of para-hydroxylation sites is 1. The second-order valence-corrected chi connectivity index (χ2v) is 4.66. The van der Waals surface area contributed by atoms with Gasteiger partial charge in [0.1, 0.15) is 6.10 Å². The molecule has 0 radical (unpaired) electrons. The number of hydrogen-bond acceptors (Lipinski definition) is 4. The highest BCUT2D eigenvalue weighted by Crippen LogP contribution is 2.31. The Morgan fingerprint density at radius 3 is 2.78 bits per heavy atom. The van der Waals surface area contributed by atoms with E-state index in [0.29, 0.717) is 16.8 Å². The molecule has 18 heavy (non-hydrogen) atoms. The fraction of sp³-hybridized carbons (Fsp3) is 0.0769. The van der Waals surface area contributed by atoms with Crippen molar-refractivity contribution in [1.82, 2.24) is 9.97 Å². The van der Waals surface area contributed by atoms with Gasteiger partial charge in [0.15, 0.2) is 5.76 Å². The second kappa shape index (κ2) is 4.51. The SMILES string of the molecule is OC(c1occc1Br)c1cccc2nccnc12. The summed E-state index contributed by atoms with van der Waals surface area (Å²) in [6.07, 6.45) is 3.89. The van der Waals surface area contributed by atoms with Crippen LogP contribution in [-0.2, 0) is 0 Å². The van der Waals surface area contributed by atoms with Gasteiger partial charge in [-0.15, -0.1) is 0 Å². The average Bonchev–Trinajstić information content (AvgIpc) is 2.83. The lowest BCUT2D eigenvalue weighted by Gasteiger charge is -2.10. The van der Waals surface area contributed by atoms with Crippen LogP contribution in [0.2, 0.25) is 0 Å². The molecule has 90 valence electrons. The predicted molar refractivity (Wildman–Crippen MR) is 70.0 cm³/mol. The molecule has 0 amide bonds. The first-order chi connectivity index (χ1) is 8.77. The summed E-state index contributed by atoms with van der Waals surface area (Å²) in [5, 5.41) is 10.4. The van der Waals surface area contributed by atoms with E-state index in [4.69, 9.17) is 4.42 Å². The quantitative estimate of drug-likeness (QED) is 0.790. The standard InChI is InChI=1S/C13H9BrN2O2/c14-9-4-7-18-13(9)12(17)8-2-1-3-10-11(8)16-6-5-15-10/h1-7,12,17H. The molecule has 0 saturated carbocycles. The Morgan fingerprint density at radius 1 is 1.17 bits per heavy atom. The van der Waals surface area contributed by atoms with Gasteiger partial charge in [0.2, 0.25) is 0 Å². The fourth-order valence-electron chi connectivity index (χ4n) is 1.88. The van der Waals surface area contributed by atoms with Gasteiger partial charge >= 0.3 is 0 Å². The van der Waals surface area contributed by atoms with Crippen LogP contribution in [0.25, 0.3) is 11.0 Å². The Kier molecular flexibility index (Phi) is 2.85. The van der Waals surface area contributed by atoms with Crippen molar-refractivity contribution < 1.29 is 9.52 Å². The van der Waals surface area contributed by atoms with Crippen LogP contribution in [0.3, 0.4) is 0 Å². The van der Waals surface area contributed by atoms with Crippen molar-refractivity contribution in [3.05, 3.63) is 58.7 Å². The van der Waals surface area contributed by atoms with Crippen molar-refractivity contribution in [3.63, 3.8) is 0 Å². The van der Waals surface area contributed by atoms with Crippen LogP contribution in [0.15, 0.2) is 51.8 Å². The van der Waals surface area contributed by atoms with Gasteiger partial charge < -0.3 is 9.52 Å². The van der Waals surface area contributed by atoms with Crippen molar-refractivity contribution in [2.24, 2.45) is 0 Å². The molecule has 2 aromatic heterocycles. The summed E-state index contributed by atoms with van der Waals surface area (Å²) in [6.45, 7) is 0. The summed E-state index contributed by atoms with van der Waals surface area (Å²) in [6, 6.07) is 7.26. The Morgan fingerprint density at radius 2 is 2.00 bits per heavy atom. The summed E-state index contributed by atoms with van der Waals surface area (Å²) >= 11 is 3.34. The average molecular weight is 305 g/mol. The van der Waals surface area contributed by atoms with Crippen molar-refractivity contribution in [3.8, 4) is 0 Å². The molecule has 1 atom stereocenters. The number of rotatable bonds is 2. The monoisotopic (exact) mass is 304 g/mol. The molecule has 0 saturated heterocycles. The van der Waals surface area contributed by atoms with Crippen LogP contribution >= 0.6 is 15.9 Å². The lowest BCUT2D eigenvalue weighted by Crippen LogP contribution is -2.01. The van der Waals surface area contributed by atoms with E-state index in [9.17, 15) is 5.11 Å². The number of nitrogens with zero attached hydrogens (tertiary/aromatic N) is 2. The maximum atomic E-state index is 10.4. The smallest absolute Gasteiger partial charge is 0.151 e. The Hall–Kier alpha value is -1.72. The first-order valence-electron chi connectivity index (χ1n) is 5.38. The molecule has 0 bridgehead atoms. The highest BCUT2D eigenvalue weighted by atomic mass is 79.9. The minimum Gasteiger partial charge on any atom is -0.465 e. The topological polar surface area (TPSA) is 59.2 Å². The highest BCUT2D eigenvalue weighted by Gasteiger charge is 2.19. The third-order valence-electron chi connectivity index (χ3n) is 2.72. The van der Waals surface area contributed by atoms with Gasteiger partial charge in [-0.1, -0.05) is 12.1 Å². The maximum Gasteiger partial charge on any atom is 0.151 e. The van der Waals surface area contributed by atoms with E-state index in [0.717, 1.165) is 9.99 Å². The number of aliphatic hydroxyl groups is 1. The first kappa shape index (κ1) is 11.4. The Labute approximate surface area is 111 Å². The number of hydrogen-bond donors (Lipinski definition) is 1. The lowest BCUT2D eigenvalue weighted by molar-refractivity contribution is 0.189. The summed E-state index contributed by atoms with van der Waals surface area (Å²) in [7, 11) is 0. The molecule has 0 aliphatic rings. The molecule has 1 aromatic carbocycles. The number of aliphatic hydroxyl groups excluding tert-OH is 1. The van der Waals surface area contributed by atoms with Crippen molar-refractivity contribution >= 4 is 27.0 Å². The van der Waals surface area contributed by atoms with Crippen LogP contribution in [0, 0.1) is 0 Å². The van der Waals surface area contributed by atoms with Gasteiger partial charge in [-0.25, -0.2) is 0 Å². The maximum absolute atomic E-state index is 10.4. The van der Waals surface area contributed by atoms with E-state index in [-0.39, 0.29) is 0 Å². The molecule has 3 aromatic rings. The van der Waals surface area contributed by atoms with Crippen LogP contribution in [0.1, 0.15) is 17.4 Å². The molecular weight excluding hydrogens is 296 g/mol. The van der Waals surface area contributed by atoms with E-state index in [2.05, 4.69) is 25.9 Å². The van der Waals surface area contributed by atoms with Crippen molar-refractivity contribution in [1.29, 1.82) is 0 Å². The van der Waals surface area contributed by atoms with Gasteiger partial charge in [-0.2, -0.15) is 0 Å². The number of furan rings is 1. The van der Waals surface area contributed by atoms with Crippen LogP contribution in [-0.4, -0.2) is 15.1 Å². The Balaban J connectivity index is 2.18. The molecule has 2 heterocycles. The zero-order chi connectivity index (χ0) is 12.5. The zero-order valence-corrected chi connectivity index (χ0v) is 10.8. The van der Waals surface area contributed by atoms with E-state index in [1.165, 1.54) is 6.26 Å². The third kappa shape index (κ3) is 1.81. The van der Waals surface area contributed by atoms with Crippen molar-refractivity contribution in [2.45, 2.75) is 6.10 Å². The molecule has 1 N–H and O–H groups in total. The number of benzene rings is 1. The molecule has 0 spiro atoms. The van der Waals surface area contributed by atoms with E-state index in [1.54, 1.807) is 18.5 Å². The number of aromatic nitrogens is 2. The lowest BCUT2D eigenvalue weighted by atomic mass is 10.1. The molecule has 0 aliphatic carbocycles. The summed E-state index contributed by atoms with van der Waals surface area (Å²) in [4.78, 5) is 8.47. The molecule has 5 heteroatoms. The van der Waals surface area contributed by atoms with Crippen LogP contribution in [0.5, 0.6) is 0 Å². The first-order valence-corrected chi connectivity index (χ1v) is 6.17. The molecule has 4 nitrogen and oxygen atoms in total. The highest BCUT2D eigenvalue weighted by molar-refractivity contribution is 9.10. The van der Waals surface area contributed by atoms with E-state index < -0.39 is 6.10 Å². The summed E-state index contributed by atoms with van der Waals surface area (Å²) < 4.78 is 6.02. The van der Waals surface area contributed by atoms with Gasteiger partial charge in [-0.3, -0.25) is 9.97 Å². The predicted octanol–water partition coefficient (Wildman–Crippen LogP) is 3.07. The second-order valence-electron chi connectivity index (χ2n) is 3.81. The van der Waals surface area contributed by atoms with Gasteiger partial charge in [0.05, 0.1) is 21.8 Å². The number of fused-ring (bicyclic) bond motifs is 1. The fourth-order valence-corrected chi connectivity index (χ4v) is 2.30. The minimum absolute atomic E-state index is 0.466. The largest absolute Gasteiger partial charge is 0.465 e. The minimum atomic E-state index is -0.866. The van der Waals surface area contributed by atoms with Crippen LogP contribution < -0.4 is 0 Å². The van der Waals surface area contributed by atoms with Crippen LogP contribution in [0.4, 0.5) is 0 Å². The molecular formula is C13H9BrN2O2. The summed E-state index contributed by atoms with van der Waals surface area (Å²) in [5.41, 5.74) is 2.10. The molecule has 3 rings (SSSR count). The normalized spacial score (nSPS) is 12.8. The van der Waals surface area contributed by atoms with E-state index >= 15 is 0 Å². The Bertz CT molecular complexity index is 691. The molecule has 0 aliphatic heterocycles. The summed E-state index contributed by atoms with van der Waals surface area (Å²) in [5.74, 6) is 0.466. The zero-order valence-electron chi connectivity index (χ0n) is 9.25. The molecule has 1 unspecified atom stereocenters.